The maximum atomic E-state index is 12.9. The molecule has 21 heavy (non-hydrogen) atoms. The Hall–Kier alpha value is -1.82. The summed E-state index contributed by atoms with van der Waals surface area (Å²) in [5, 5.41) is 7.33. The molecule has 2 amide bonds. The van der Waals surface area contributed by atoms with E-state index in [1.165, 1.54) is 4.90 Å². The second kappa shape index (κ2) is 4.10. The molecule has 0 radical (unpaired) electrons. The van der Waals surface area contributed by atoms with Gasteiger partial charge in [0.2, 0.25) is 11.8 Å². The SMILES string of the molecule is CC1=NN2C[C@@H]3C(=O)N(c4ccccc4)C(=O)[C@@H]3[C@]2(C)S1. The summed E-state index contributed by atoms with van der Waals surface area (Å²) in [6.07, 6.45) is 0. The minimum atomic E-state index is -0.426. The molecule has 3 aliphatic rings. The Morgan fingerprint density at radius 3 is 2.67 bits per heavy atom. The number of carbonyl (C=O) groups is 2. The number of rotatable bonds is 1. The summed E-state index contributed by atoms with van der Waals surface area (Å²) in [5.74, 6) is -0.803. The maximum absolute atomic E-state index is 12.9. The molecular weight excluding hydrogens is 286 g/mol. The van der Waals surface area contributed by atoms with E-state index in [1.54, 1.807) is 23.9 Å². The zero-order valence-electron chi connectivity index (χ0n) is 11.8. The fourth-order valence-electron chi connectivity index (χ4n) is 3.62. The third-order valence-electron chi connectivity index (χ3n) is 4.52. The van der Waals surface area contributed by atoms with Crippen molar-refractivity contribution in [1.82, 2.24) is 5.01 Å². The van der Waals surface area contributed by atoms with E-state index in [-0.39, 0.29) is 23.7 Å². The highest BCUT2D eigenvalue weighted by Gasteiger charge is 2.65. The Balaban J connectivity index is 1.74. The Labute approximate surface area is 127 Å². The van der Waals surface area contributed by atoms with Crippen LogP contribution >= 0.6 is 11.8 Å². The molecular formula is C15H15N3O2S. The van der Waals surface area contributed by atoms with Gasteiger partial charge in [-0.2, -0.15) is 5.10 Å². The van der Waals surface area contributed by atoms with E-state index in [0.717, 1.165) is 5.04 Å². The molecule has 6 heteroatoms. The normalized spacial score (nSPS) is 34.3. The molecule has 0 N–H and O–H groups in total. The second-order valence-electron chi connectivity index (χ2n) is 5.79. The highest BCUT2D eigenvalue weighted by Crippen LogP contribution is 2.54. The lowest BCUT2D eigenvalue weighted by Crippen LogP contribution is -2.43. The number of fused-ring (bicyclic) bond motifs is 3. The Morgan fingerprint density at radius 1 is 1.24 bits per heavy atom. The maximum Gasteiger partial charge on any atom is 0.241 e. The van der Waals surface area contributed by atoms with Crippen LogP contribution in [0.4, 0.5) is 5.69 Å². The second-order valence-corrected chi connectivity index (χ2v) is 7.41. The van der Waals surface area contributed by atoms with Crippen molar-refractivity contribution >= 4 is 34.3 Å². The van der Waals surface area contributed by atoms with Crippen LogP contribution in [0.25, 0.3) is 0 Å². The van der Waals surface area contributed by atoms with Crippen LogP contribution in [-0.4, -0.2) is 33.3 Å². The quantitative estimate of drug-likeness (QED) is 0.744. The van der Waals surface area contributed by atoms with Crippen LogP contribution in [-0.2, 0) is 9.59 Å². The number of benzene rings is 1. The number of imide groups is 1. The van der Waals surface area contributed by atoms with Gasteiger partial charge in [-0.15, -0.1) is 0 Å². The third kappa shape index (κ3) is 1.56. The van der Waals surface area contributed by atoms with Crippen molar-refractivity contribution in [2.24, 2.45) is 16.9 Å². The van der Waals surface area contributed by atoms with Crippen LogP contribution in [0.1, 0.15) is 13.8 Å². The molecule has 3 heterocycles. The fraction of sp³-hybridized carbons (Fsp3) is 0.400. The Morgan fingerprint density at radius 2 is 1.95 bits per heavy atom. The van der Waals surface area contributed by atoms with Crippen molar-refractivity contribution in [1.29, 1.82) is 0 Å². The van der Waals surface area contributed by atoms with Gasteiger partial charge in [0.15, 0.2) is 0 Å². The number of hydrazone groups is 1. The molecule has 0 aliphatic carbocycles. The first-order chi connectivity index (χ1) is 10.0. The Bertz CT molecular complexity index is 675. The topological polar surface area (TPSA) is 53.0 Å². The number of carbonyl (C=O) groups excluding carboxylic acids is 2. The summed E-state index contributed by atoms with van der Waals surface area (Å²) >= 11 is 1.59. The molecule has 3 aliphatic heterocycles. The minimum absolute atomic E-state index is 0.0970. The number of nitrogens with zero attached hydrogens (tertiary/aromatic N) is 3. The van der Waals surface area contributed by atoms with Crippen LogP contribution in [0.3, 0.4) is 0 Å². The van der Waals surface area contributed by atoms with Crippen LogP contribution in [0, 0.1) is 11.8 Å². The number of amides is 2. The molecule has 0 unspecified atom stereocenters. The summed E-state index contributed by atoms with van der Waals surface area (Å²) in [7, 11) is 0. The molecule has 0 saturated carbocycles. The van der Waals surface area contributed by atoms with E-state index in [4.69, 9.17) is 0 Å². The average Bonchev–Trinajstić information content (AvgIpc) is 2.97. The summed E-state index contributed by atoms with van der Waals surface area (Å²) in [6, 6.07) is 9.18. The first-order valence-electron chi connectivity index (χ1n) is 6.97. The number of thioether (sulfide) groups is 1. The lowest BCUT2D eigenvalue weighted by Gasteiger charge is -2.30. The highest BCUT2D eigenvalue weighted by molar-refractivity contribution is 8.15. The van der Waals surface area contributed by atoms with Gasteiger partial charge in [0, 0.05) is 0 Å². The summed E-state index contributed by atoms with van der Waals surface area (Å²) in [5.41, 5.74) is 0.665. The molecule has 4 rings (SSSR count). The number of hydrogen-bond donors (Lipinski definition) is 0. The number of para-hydroxylation sites is 1. The van der Waals surface area contributed by atoms with Gasteiger partial charge in [-0.05, 0) is 26.0 Å². The van der Waals surface area contributed by atoms with Crippen molar-refractivity contribution in [2.75, 3.05) is 11.4 Å². The van der Waals surface area contributed by atoms with Gasteiger partial charge in [0.25, 0.3) is 0 Å². The molecule has 2 fully saturated rings. The largest absolute Gasteiger partial charge is 0.278 e. The molecule has 5 nitrogen and oxygen atoms in total. The van der Waals surface area contributed by atoms with Gasteiger partial charge in [-0.1, -0.05) is 30.0 Å². The third-order valence-corrected chi connectivity index (χ3v) is 5.77. The smallest absolute Gasteiger partial charge is 0.241 e. The van der Waals surface area contributed by atoms with Crippen LogP contribution < -0.4 is 4.90 Å². The van der Waals surface area contributed by atoms with Crippen LogP contribution in [0.5, 0.6) is 0 Å². The first-order valence-corrected chi connectivity index (χ1v) is 7.79. The lowest BCUT2D eigenvalue weighted by atomic mass is 9.93. The lowest BCUT2D eigenvalue weighted by molar-refractivity contribution is -0.123. The van der Waals surface area contributed by atoms with E-state index in [2.05, 4.69) is 5.10 Å². The zero-order chi connectivity index (χ0) is 14.8. The van der Waals surface area contributed by atoms with Gasteiger partial charge in [0.1, 0.15) is 4.87 Å². The van der Waals surface area contributed by atoms with E-state index in [0.29, 0.717) is 12.2 Å². The monoisotopic (exact) mass is 301 g/mol. The standard InChI is InChI=1S/C15H15N3O2S/c1-9-16-17-8-11-12(15(17,2)21-9)14(20)18(13(11)19)10-6-4-3-5-7-10/h3-7,11-12H,8H2,1-2H3/t11-,12+,15-/m0/s1. The first kappa shape index (κ1) is 12.9. The molecule has 0 spiro atoms. The molecule has 108 valence electrons. The van der Waals surface area contributed by atoms with Crippen LogP contribution in [0.15, 0.2) is 35.4 Å². The predicted octanol–water partition coefficient (Wildman–Crippen LogP) is 1.90. The molecule has 1 aromatic rings. The van der Waals surface area contributed by atoms with Gasteiger partial charge in [-0.3, -0.25) is 14.6 Å². The van der Waals surface area contributed by atoms with E-state index in [9.17, 15) is 9.59 Å². The van der Waals surface area contributed by atoms with Crippen molar-refractivity contribution in [2.45, 2.75) is 18.7 Å². The van der Waals surface area contributed by atoms with Gasteiger partial charge >= 0.3 is 0 Å². The molecule has 0 aromatic heterocycles. The van der Waals surface area contributed by atoms with Crippen molar-refractivity contribution in [3.8, 4) is 0 Å². The van der Waals surface area contributed by atoms with E-state index >= 15 is 0 Å². The molecule has 0 bridgehead atoms. The summed E-state index contributed by atoms with van der Waals surface area (Å²) in [4.78, 5) is 26.5. The predicted molar refractivity (Wildman–Crippen MR) is 81.7 cm³/mol. The zero-order valence-corrected chi connectivity index (χ0v) is 12.6. The summed E-state index contributed by atoms with van der Waals surface area (Å²) in [6.45, 7) is 4.49. The van der Waals surface area contributed by atoms with Crippen molar-refractivity contribution < 1.29 is 9.59 Å². The molecule has 1 aromatic carbocycles. The Kier molecular flexibility index (Phi) is 2.52. The van der Waals surface area contributed by atoms with E-state index < -0.39 is 4.87 Å². The molecule has 2 saturated heterocycles. The van der Waals surface area contributed by atoms with Gasteiger partial charge in [-0.25, -0.2) is 4.90 Å². The van der Waals surface area contributed by atoms with Gasteiger partial charge in [0.05, 0.1) is 29.1 Å². The molecule has 3 atom stereocenters. The van der Waals surface area contributed by atoms with Crippen molar-refractivity contribution in [3.63, 3.8) is 0 Å². The minimum Gasteiger partial charge on any atom is -0.278 e. The number of hydrogen-bond acceptors (Lipinski definition) is 5. The highest BCUT2D eigenvalue weighted by atomic mass is 32.2. The van der Waals surface area contributed by atoms with E-state index in [1.807, 2.05) is 37.1 Å². The average molecular weight is 301 g/mol. The van der Waals surface area contributed by atoms with Crippen LogP contribution in [0.2, 0.25) is 0 Å². The van der Waals surface area contributed by atoms with Crippen molar-refractivity contribution in [3.05, 3.63) is 30.3 Å². The summed E-state index contributed by atoms with van der Waals surface area (Å²) < 4.78 is 0. The van der Waals surface area contributed by atoms with Gasteiger partial charge < -0.3 is 0 Å². The fourth-order valence-corrected chi connectivity index (χ4v) is 4.97. The number of anilines is 1.